The van der Waals surface area contributed by atoms with Crippen LogP contribution < -0.4 is 9.64 Å². The smallest absolute Gasteiger partial charge is 0.243 e. The number of hydrogen-bond acceptors (Lipinski definition) is 5. The number of carbonyl (C=O) groups excluding carboxylic acids is 2. The van der Waals surface area contributed by atoms with Gasteiger partial charge in [-0.2, -0.15) is 4.31 Å². The third-order valence-corrected chi connectivity index (χ3v) is 7.96. The summed E-state index contributed by atoms with van der Waals surface area (Å²) in [7, 11) is -2.02. The summed E-state index contributed by atoms with van der Waals surface area (Å²) in [5.41, 5.74) is 1.70. The van der Waals surface area contributed by atoms with Gasteiger partial charge >= 0.3 is 0 Å². The molecule has 0 spiro atoms. The van der Waals surface area contributed by atoms with Crippen LogP contribution in [0.4, 0.5) is 5.69 Å². The van der Waals surface area contributed by atoms with E-state index in [2.05, 4.69) is 0 Å². The molecule has 0 N–H and O–H groups in total. The first-order chi connectivity index (χ1) is 15.3. The normalized spacial score (nSPS) is 19.9. The molecule has 2 aromatic carbocycles. The monoisotopic (exact) mass is 457 g/mol. The minimum atomic E-state index is -3.59. The molecule has 2 aliphatic heterocycles. The Morgan fingerprint density at radius 3 is 2.38 bits per heavy atom. The quantitative estimate of drug-likeness (QED) is 0.684. The number of nitrogens with zero attached hydrogens (tertiary/aromatic N) is 3. The maximum Gasteiger partial charge on any atom is 0.243 e. The summed E-state index contributed by atoms with van der Waals surface area (Å²) < 4.78 is 32.4. The molecule has 0 radical (unpaired) electrons. The van der Waals surface area contributed by atoms with Gasteiger partial charge in [0.1, 0.15) is 5.75 Å². The Balaban J connectivity index is 1.38. The number of carbonyl (C=O) groups is 2. The summed E-state index contributed by atoms with van der Waals surface area (Å²) in [4.78, 5) is 29.2. The van der Waals surface area contributed by atoms with E-state index in [1.807, 2.05) is 19.1 Å². The van der Waals surface area contributed by atoms with Crippen LogP contribution in [0.1, 0.15) is 12.0 Å². The molecule has 2 saturated heterocycles. The molecule has 2 amide bonds. The molecule has 2 aliphatic rings. The van der Waals surface area contributed by atoms with Gasteiger partial charge in [0.25, 0.3) is 0 Å². The van der Waals surface area contributed by atoms with E-state index in [9.17, 15) is 18.0 Å². The highest BCUT2D eigenvalue weighted by molar-refractivity contribution is 7.89. The number of aryl methyl sites for hydroxylation is 1. The van der Waals surface area contributed by atoms with Gasteiger partial charge in [-0.15, -0.1) is 0 Å². The van der Waals surface area contributed by atoms with E-state index < -0.39 is 15.9 Å². The first kappa shape index (κ1) is 22.3. The molecule has 0 saturated carbocycles. The lowest BCUT2D eigenvalue weighted by Crippen LogP contribution is -2.52. The van der Waals surface area contributed by atoms with E-state index in [4.69, 9.17) is 4.74 Å². The molecule has 1 atom stereocenters. The van der Waals surface area contributed by atoms with Crippen LogP contribution in [-0.2, 0) is 19.6 Å². The van der Waals surface area contributed by atoms with Crippen molar-refractivity contribution >= 4 is 27.5 Å². The predicted octanol–water partition coefficient (Wildman–Crippen LogP) is 1.89. The van der Waals surface area contributed by atoms with Crippen LogP contribution in [0.15, 0.2) is 53.4 Å². The first-order valence-electron chi connectivity index (χ1n) is 10.6. The number of anilines is 1. The van der Waals surface area contributed by atoms with Crippen LogP contribution in [0.5, 0.6) is 5.75 Å². The molecule has 8 nitrogen and oxygen atoms in total. The summed E-state index contributed by atoms with van der Waals surface area (Å²) in [6.07, 6.45) is 0.151. The summed E-state index contributed by atoms with van der Waals surface area (Å²) in [6.45, 7) is 3.32. The van der Waals surface area contributed by atoms with Gasteiger partial charge in [0, 0.05) is 50.9 Å². The third kappa shape index (κ3) is 4.35. The van der Waals surface area contributed by atoms with Crippen LogP contribution in [0.2, 0.25) is 0 Å². The van der Waals surface area contributed by atoms with Crippen molar-refractivity contribution in [1.82, 2.24) is 9.21 Å². The van der Waals surface area contributed by atoms with Crippen molar-refractivity contribution < 1.29 is 22.7 Å². The second-order valence-electron chi connectivity index (χ2n) is 8.15. The number of benzene rings is 2. The number of rotatable bonds is 5. The average molecular weight is 458 g/mol. The predicted molar refractivity (Wildman–Crippen MR) is 120 cm³/mol. The maximum atomic E-state index is 13.1. The second-order valence-corrected chi connectivity index (χ2v) is 10.1. The highest BCUT2D eigenvalue weighted by atomic mass is 32.2. The Hall–Kier alpha value is -2.91. The minimum absolute atomic E-state index is 0.0998. The highest BCUT2D eigenvalue weighted by Gasteiger charge is 2.39. The number of hydrogen-bond donors (Lipinski definition) is 0. The van der Waals surface area contributed by atoms with Crippen LogP contribution in [-0.4, -0.2) is 69.3 Å². The molecule has 2 heterocycles. The summed E-state index contributed by atoms with van der Waals surface area (Å²) in [6, 6.07) is 14.0. The van der Waals surface area contributed by atoms with Crippen molar-refractivity contribution in [2.75, 3.05) is 44.7 Å². The molecule has 1 unspecified atom stereocenters. The second kappa shape index (κ2) is 8.91. The van der Waals surface area contributed by atoms with Gasteiger partial charge in [-0.25, -0.2) is 8.42 Å². The molecule has 170 valence electrons. The van der Waals surface area contributed by atoms with E-state index in [0.717, 1.165) is 5.56 Å². The zero-order valence-corrected chi connectivity index (χ0v) is 19.0. The number of amides is 2. The minimum Gasteiger partial charge on any atom is -0.497 e. The topological polar surface area (TPSA) is 87.2 Å². The van der Waals surface area contributed by atoms with Crippen molar-refractivity contribution in [3.05, 3.63) is 54.1 Å². The number of ether oxygens (including phenoxy) is 1. The molecule has 0 aromatic heterocycles. The van der Waals surface area contributed by atoms with Crippen LogP contribution in [0, 0.1) is 12.8 Å². The van der Waals surface area contributed by atoms with Crippen molar-refractivity contribution in [2.45, 2.75) is 18.2 Å². The van der Waals surface area contributed by atoms with Crippen LogP contribution in [0.3, 0.4) is 0 Å². The van der Waals surface area contributed by atoms with Crippen molar-refractivity contribution in [2.24, 2.45) is 5.92 Å². The van der Waals surface area contributed by atoms with Gasteiger partial charge in [-0.1, -0.05) is 23.8 Å². The van der Waals surface area contributed by atoms with Gasteiger partial charge in [-0.3, -0.25) is 9.59 Å². The molecule has 32 heavy (non-hydrogen) atoms. The van der Waals surface area contributed by atoms with Gasteiger partial charge < -0.3 is 14.5 Å². The Bertz CT molecular complexity index is 1110. The first-order valence-corrected chi connectivity index (χ1v) is 12.0. The van der Waals surface area contributed by atoms with E-state index in [-0.39, 0.29) is 36.2 Å². The zero-order chi connectivity index (χ0) is 22.9. The van der Waals surface area contributed by atoms with Gasteiger partial charge in [0.15, 0.2) is 0 Å². The number of piperazine rings is 1. The van der Waals surface area contributed by atoms with Crippen LogP contribution in [0.25, 0.3) is 0 Å². The molecule has 9 heteroatoms. The molecule has 0 aliphatic carbocycles. The summed E-state index contributed by atoms with van der Waals surface area (Å²) >= 11 is 0. The molecular weight excluding hydrogens is 430 g/mol. The fourth-order valence-corrected chi connectivity index (χ4v) is 5.59. The Morgan fingerprint density at radius 2 is 1.72 bits per heavy atom. The van der Waals surface area contributed by atoms with E-state index in [1.54, 1.807) is 53.3 Å². The standard InChI is InChI=1S/C23H27N3O5S/c1-17-6-8-21(9-7-17)32(29,30)25-12-10-24(11-13-25)23(28)18-14-22(27)26(16-18)19-4-3-5-20(15-19)31-2/h3-9,15,18H,10-14,16H2,1-2H3. The lowest BCUT2D eigenvalue weighted by atomic mass is 10.1. The van der Waals surface area contributed by atoms with Gasteiger partial charge in [0.05, 0.1) is 17.9 Å². The number of methoxy groups -OCH3 is 1. The zero-order valence-electron chi connectivity index (χ0n) is 18.2. The lowest BCUT2D eigenvalue weighted by molar-refractivity contribution is -0.136. The Kier molecular flexibility index (Phi) is 6.21. The highest BCUT2D eigenvalue weighted by Crippen LogP contribution is 2.29. The van der Waals surface area contributed by atoms with E-state index in [0.29, 0.717) is 31.1 Å². The maximum absolute atomic E-state index is 13.1. The molecule has 2 aromatic rings. The summed E-state index contributed by atoms with van der Waals surface area (Å²) in [5.74, 6) is 0.0123. The van der Waals surface area contributed by atoms with Crippen molar-refractivity contribution in [3.63, 3.8) is 0 Å². The fourth-order valence-electron chi connectivity index (χ4n) is 4.17. The molecule has 2 fully saturated rings. The average Bonchev–Trinajstić information content (AvgIpc) is 3.20. The summed E-state index contributed by atoms with van der Waals surface area (Å²) in [5, 5.41) is 0. The Morgan fingerprint density at radius 1 is 1.03 bits per heavy atom. The van der Waals surface area contributed by atoms with Crippen molar-refractivity contribution in [1.29, 1.82) is 0 Å². The van der Waals surface area contributed by atoms with Crippen molar-refractivity contribution in [3.8, 4) is 5.75 Å². The fraction of sp³-hybridized carbons (Fsp3) is 0.391. The van der Waals surface area contributed by atoms with Crippen LogP contribution >= 0.6 is 0 Å². The molecule has 4 rings (SSSR count). The lowest BCUT2D eigenvalue weighted by Gasteiger charge is -2.35. The SMILES string of the molecule is COc1cccc(N2CC(C(=O)N3CCN(S(=O)(=O)c4ccc(C)cc4)CC3)CC2=O)c1. The largest absolute Gasteiger partial charge is 0.497 e. The Labute approximate surface area is 188 Å². The molecular formula is C23H27N3O5S. The van der Waals surface area contributed by atoms with Gasteiger partial charge in [-0.05, 0) is 31.2 Å². The molecule has 0 bridgehead atoms. The van der Waals surface area contributed by atoms with E-state index in [1.165, 1.54) is 4.31 Å². The third-order valence-electron chi connectivity index (χ3n) is 6.05. The number of sulfonamides is 1. The van der Waals surface area contributed by atoms with Gasteiger partial charge in [0.2, 0.25) is 21.8 Å². The van der Waals surface area contributed by atoms with E-state index >= 15 is 0 Å².